The van der Waals surface area contributed by atoms with Gasteiger partial charge in [-0.05, 0) is 53.1 Å². The van der Waals surface area contributed by atoms with Crippen molar-refractivity contribution in [1.82, 2.24) is 4.90 Å². The summed E-state index contributed by atoms with van der Waals surface area (Å²) in [6, 6.07) is 9.71. The maximum atomic E-state index is 3.53. The maximum absolute atomic E-state index is 3.53. The van der Waals surface area contributed by atoms with Crippen molar-refractivity contribution in [2.45, 2.75) is 25.4 Å². The monoisotopic (exact) mass is 379 g/mol. The lowest BCUT2D eigenvalue weighted by Crippen LogP contribution is -2.27. The van der Waals surface area contributed by atoms with E-state index in [1.165, 1.54) is 22.0 Å². The van der Waals surface area contributed by atoms with Crippen molar-refractivity contribution in [3.05, 3.63) is 33.4 Å². The first-order valence-corrected chi connectivity index (χ1v) is 7.54. The quantitative estimate of drug-likeness (QED) is 0.557. The van der Waals surface area contributed by atoms with Crippen molar-refractivity contribution in [3.63, 3.8) is 0 Å². The Morgan fingerprint density at radius 3 is 2.47 bits per heavy atom. The van der Waals surface area contributed by atoms with Crippen molar-refractivity contribution < 1.29 is 0 Å². The molecule has 0 N–H and O–H groups in total. The van der Waals surface area contributed by atoms with Crippen LogP contribution < -0.4 is 0 Å². The van der Waals surface area contributed by atoms with Crippen LogP contribution >= 0.6 is 38.5 Å². The highest BCUT2D eigenvalue weighted by Gasteiger charge is 2.28. The Morgan fingerprint density at radius 1 is 1.27 bits per heavy atom. The summed E-state index contributed by atoms with van der Waals surface area (Å²) in [7, 11) is 0. The normalized spacial score (nSPS) is 15.9. The second-order valence-corrected chi connectivity index (χ2v) is 6.06. The summed E-state index contributed by atoms with van der Waals surface area (Å²) in [5.74, 6) is 0. The Balaban J connectivity index is 1.95. The summed E-state index contributed by atoms with van der Waals surface area (Å²) in [5.41, 5.74) is 1.43. The fourth-order valence-electron chi connectivity index (χ4n) is 1.76. The second kappa shape index (κ2) is 5.64. The molecule has 0 amide bonds. The molecule has 0 unspecified atom stereocenters. The minimum Gasteiger partial charge on any atom is -0.295 e. The third-order valence-electron chi connectivity index (χ3n) is 2.73. The van der Waals surface area contributed by atoms with Crippen LogP contribution in [0.15, 0.2) is 24.3 Å². The minimum absolute atomic E-state index is 0.849. The predicted molar refractivity (Wildman–Crippen MR) is 76.4 cm³/mol. The molecule has 0 bridgehead atoms. The van der Waals surface area contributed by atoms with Gasteiger partial charge in [0.15, 0.2) is 0 Å². The molecule has 1 fully saturated rings. The van der Waals surface area contributed by atoms with E-state index in [2.05, 4.69) is 67.7 Å². The highest BCUT2D eigenvalue weighted by molar-refractivity contribution is 14.1. The van der Waals surface area contributed by atoms with Crippen LogP contribution in [0.25, 0.3) is 0 Å². The summed E-state index contributed by atoms with van der Waals surface area (Å²) in [6.45, 7) is 2.27. The van der Waals surface area contributed by atoms with Crippen LogP contribution in [-0.4, -0.2) is 22.8 Å². The van der Waals surface area contributed by atoms with Crippen molar-refractivity contribution in [2.24, 2.45) is 0 Å². The fourth-order valence-corrected chi connectivity index (χ4v) is 2.58. The smallest absolute Gasteiger partial charge is 0.0237 e. The van der Waals surface area contributed by atoms with Crippen LogP contribution in [0.3, 0.4) is 0 Å². The minimum atomic E-state index is 0.849. The van der Waals surface area contributed by atoms with Crippen LogP contribution in [-0.2, 0) is 6.54 Å². The second-order valence-electron chi connectivity index (χ2n) is 4.02. The van der Waals surface area contributed by atoms with Gasteiger partial charge >= 0.3 is 0 Å². The Labute approximate surface area is 114 Å². The van der Waals surface area contributed by atoms with E-state index in [0.29, 0.717) is 0 Å². The van der Waals surface area contributed by atoms with Crippen molar-refractivity contribution in [1.29, 1.82) is 0 Å². The molecule has 1 aromatic rings. The number of hydrogen-bond acceptors (Lipinski definition) is 1. The van der Waals surface area contributed by atoms with Gasteiger partial charge in [-0.15, -0.1) is 0 Å². The van der Waals surface area contributed by atoms with E-state index in [0.717, 1.165) is 24.5 Å². The van der Waals surface area contributed by atoms with Gasteiger partial charge in [0.25, 0.3) is 0 Å². The average Bonchev–Trinajstić information content (AvgIpc) is 3.04. The SMILES string of the molecule is BrCCN(Cc1ccc(I)cc1)C1CC1. The van der Waals surface area contributed by atoms with E-state index in [9.17, 15) is 0 Å². The standard InChI is InChI=1S/C12H15BrIN/c13-7-8-15(12-5-6-12)9-10-1-3-11(14)4-2-10/h1-4,12H,5-9H2. The molecule has 0 atom stereocenters. The first-order chi connectivity index (χ1) is 7.29. The largest absolute Gasteiger partial charge is 0.295 e. The fraction of sp³-hybridized carbons (Fsp3) is 0.500. The van der Waals surface area contributed by atoms with Crippen molar-refractivity contribution in [2.75, 3.05) is 11.9 Å². The Kier molecular flexibility index (Phi) is 4.46. The molecular weight excluding hydrogens is 365 g/mol. The van der Waals surface area contributed by atoms with Gasteiger partial charge in [0, 0.05) is 28.0 Å². The van der Waals surface area contributed by atoms with Gasteiger partial charge in [-0.2, -0.15) is 0 Å². The van der Waals surface area contributed by atoms with E-state index in [1.807, 2.05) is 0 Å². The van der Waals surface area contributed by atoms with Gasteiger partial charge in [0.1, 0.15) is 0 Å². The topological polar surface area (TPSA) is 3.24 Å². The lowest BCUT2D eigenvalue weighted by Gasteiger charge is -2.20. The number of benzene rings is 1. The lowest BCUT2D eigenvalue weighted by molar-refractivity contribution is 0.272. The molecule has 3 heteroatoms. The average molecular weight is 380 g/mol. The molecule has 0 aromatic heterocycles. The number of nitrogens with zero attached hydrogens (tertiary/aromatic N) is 1. The molecule has 0 saturated heterocycles. The van der Waals surface area contributed by atoms with Gasteiger partial charge in [-0.1, -0.05) is 28.1 Å². The zero-order chi connectivity index (χ0) is 10.7. The first-order valence-electron chi connectivity index (χ1n) is 5.34. The zero-order valence-corrected chi connectivity index (χ0v) is 12.4. The van der Waals surface area contributed by atoms with Gasteiger partial charge < -0.3 is 0 Å². The molecule has 1 nitrogen and oxygen atoms in total. The van der Waals surface area contributed by atoms with Gasteiger partial charge in [0.05, 0.1) is 0 Å². The number of hydrogen-bond donors (Lipinski definition) is 0. The van der Waals surface area contributed by atoms with E-state index in [4.69, 9.17) is 0 Å². The molecule has 1 aromatic carbocycles. The molecule has 0 aliphatic heterocycles. The molecule has 0 heterocycles. The molecule has 1 aliphatic carbocycles. The van der Waals surface area contributed by atoms with E-state index < -0.39 is 0 Å². The highest BCUT2D eigenvalue weighted by Crippen LogP contribution is 2.28. The molecule has 15 heavy (non-hydrogen) atoms. The summed E-state index contributed by atoms with van der Waals surface area (Å²) >= 11 is 5.88. The van der Waals surface area contributed by atoms with E-state index >= 15 is 0 Å². The number of rotatable bonds is 5. The van der Waals surface area contributed by atoms with Gasteiger partial charge in [-0.3, -0.25) is 4.90 Å². The maximum Gasteiger partial charge on any atom is 0.0237 e. The van der Waals surface area contributed by atoms with Crippen LogP contribution in [0.2, 0.25) is 0 Å². The molecule has 1 saturated carbocycles. The van der Waals surface area contributed by atoms with Crippen LogP contribution in [0, 0.1) is 3.57 Å². The summed E-state index contributed by atoms with van der Waals surface area (Å²) in [5, 5.41) is 1.08. The summed E-state index contributed by atoms with van der Waals surface area (Å²) in [6.07, 6.45) is 2.77. The third kappa shape index (κ3) is 3.71. The van der Waals surface area contributed by atoms with Crippen molar-refractivity contribution >= 4 is 38.5 Å². The molecular formula is C12H15BrIN. The molecule has 0 radical (unpaired) electrons. The van der Waals surface area contributed by atoms with Gasteiger partial charge in [-0.25, -0.2) is 0 Å². The van der Waals surface area contributed by atoms with Crippen molar-refractivity contribution in [3.8, 4) is 0 Å². The van der Waals surface area contributed by atoms with Crippen LogP contribution in [0.5, 0.6) is 0 Å². The van der Waals surface area contributed by atoms with Gasteiger partial charge in [0.2, 0.25) is 0 Å². The lowest BCUT2D eigenvalue weighted by atomic mass is 10.2. The Bertz CT molecular complexity index is 308. The highest BCUT2D eigenvalue weighted by atomic mass is 127. The zero-order valence-electron chi connectivity index (χ0n) is 8.63. The van der Waals surface area contributed by atoms with Crippen LogP contribution in [0.1, 0.15) is 18.4 Å². The Morgan fingerprint density at radius 2 is 1.93 bits per heavy atom. The molecule has 82 valence electrons. The van der Waals surface area contributed by atoms with E-state index in [1.54, 1.807) is 0 Å². The number of alkyl halides is 1. The summed E-state index contributed by atoms with van der Waals surface area (Å²) in [4.78, 5) is 2.58. The third-order valence-corrected chi connectivity index (χ3v) is 3.81. The first kappa shape index (κ1) is 11.9. The van der Waals surface area contributed by atoms with E-state index in [-0.39, 0.29) is 0 Å². The predicted octanol–water partition coefficient (Wildman–Crippen LogP) is 3.65. The summed E-state index contributed by atoms with van der Waals surface area (Å²) < 4.78 is 1.31. The molecule has 0 spiro atoms. The Hall–Kier alpha value is 0.390. The molecule has 2 rings (SSSR count). The van der Waals surface area contributed by atoms with Crippen LogP contribution in [0.4, 0.5) is 0 Å². The molecule has 1 aliphatic rings. The number of halogens is 2.